The van der Waals surface area contributed by atoms with Crippen molar-refractivity contribution in [1.82, 2.24) is 10.2 Å². The molecule has 1 unspecified atom stereocenters. The van der Waals surface area contributed by atoms with Crippen molar-refractivity contribution in [2.24, 2.45) is 11.8 Å². The molecule has 1 aliphatic heterocycles. The average molecular weight is 411 g/mol. The van der Waals surface area contributed by atoms with Crippen LogP contribution in [-0.2, 0) is 14.3 Å². The lowest BCUT2D eigenvalue weighted by Gasteiger charge is -2.32. The lowest BCUT2D eigenvalue weighted by Crippen LogP contribution is -2.48. The van der Waals surface area contributed by atoms with Crippen LogP contribution in [0.15, 0.2) is 42.5 Å². The number of nitrogens with zero attached hydrogens (tertiary/aromatic N) is 1. The number of esters is 1. The number of carbonyl (C=O) groups excluding carboxylic acids is 3. The number of hydrogen-bond donors (Lipinski definition) is 1. The Bertz CT molecular complexity index is 911. The molecule has 6 heteroatoms. The van der Waals surface area contributed by atoms with Crippen molar-refractivity contribution in [3.8, 4) is 0 Å². The predicted octanol–water partition coefficient (Wildman–Crippen LogP) is 3.40. The lowest BCUT2D eigenvalue weighted by molar-refractivity contribution is -0.146. The molecule has 3 rings (SSSR count). The fourth-order valence-electron chi connectivity index (χ4n) is 4.04. The van der Waals surface area contributed by atoms with Gasteiger partial charge in [0.25, 0.3) is 5.91 Å². The van der Waals surface area contributed by atoms with Gasteiger partial charge < -0.3 is 15.0 Å². The number of benzene rings is 2. The second-order valence-electron chi connectivity index (χ2n) is 8.31. The minimum Gasteiger partial charge on any atom is -0.467 e. The fraction of sp³-hybridized carbons (Fsp3) is 0.458. The summed E-state index contributed by atoms with van der Waals surface area (Å²) in [6, 6.07) is 13.0. The van der Waals surface area contributed by atoms with Crippen molar-refractivity contribution >= 4 is 28.6 Å². The van der Waals surface area contributed by atoms with E-state index in [4.69, 9.17) is 4.74 Å². The van der Waals surface area contributed by atoms with Crippen LogP contribution in [0, 0.1) is 11.8 Å². The van der Waals surface area contributed by atoms with Gasteiger partial charge in [0.2, 0.25) is 5.91 Å². The molecule has 6 nitrogen and oxygen atoms in total. The zero-order valence-electron chi connectivity index (χ0n) is 17.9. The smallest absolute Gasteiger partial charge is 0.328 e. The third kappa shape index (κ3) is 4.99. The van der Waals surface area contributed by atoms with E-state index in [1.54, 1.807) is 0 Å². The molecule has 0 bridgehead atoms. The molecule has 2 amide bonds. The van der Waals surface area contributed by atoms with Crippen molar-refractivity contribution in [2.75, 3.05) is 20.2 Å². The third-order valence-corrected chi connectivity index (χ3v) is 5.68. The molecular formula is C24H30N2O4. The first kappa shape index (κ1) is 21.8. The Labute approximate surface area is 177 Å². The zero-order valence-corrected chi connectivity index (χ0v) is 17.9. The van der Waals surface area contributed by atoms with Gasteiger partial charge in [-0.15, -0.1) is 0 Å². The molecule has 2 aromatic carbocycles. The molecule has 1 saturated heterocycles. The number of amides is 2. The van der Waals surface area contributed by atoms with Crippen LogP contribution in [-0.4, -0.2) is 48.9 Å². The number of nitrogens with one attached hydrogen (secondary N) is 1. The molecule has 160 valence electrons. The number of rotatable bonds is 6. The van der Waals surface area contributed by atoms with Crippen molar-refractivity contribution in [3.63, 3.8) is 0 Å². The summed E-state index contributed by atoms with van der Waals surface area (Å²) < 4.78 is 4.83. The monoisotopic (exact) mass is 410 g/mol. The molecule has 0 saturated carbocycles. The summed E-state index contributed by atoms with van der Waals surface area (Å²) in [4.78, 5) is 39.6. The van der Waals surface area contributed by atoms with E-state index in [-0.39, 0.29) is 23.7 Å². The molecule has 1 heterocycles. The second kappa shape index (κ2) is 9.74. The molecule has 1 N–H and O–H groups in total. The summed E-state index contributed by atoms with van der Waals surface area (Å²) in [7, 11) is 1.33. The van der Waals surface area contributed by atoms with E-state index >= 15 is 0 Å². The van der Waals surface area contributed by atoms with Gasteiger partial charge in [0, 0.05) is 24.6 Å². The van der Waals surface area contributed by atoms with E-state index < -0.39 is 12.0 Å². The lowest BCUT2D eigenvalue weighted by atomic mass is 9.94. The fourth-order valence-corrected chi connectivity index (χ4v) is 4.04. The molecule has 0 spiro atoms. The number of hydrogen-bond acceptors (Lipinski definition) is 4. The quantitative estimate of drug-likeness (QED) is 0.741. The van der Waals surface area contributed by atoms with Crippen LogP contribution in [0.2, 0.25) is 0 Å². The Hall–Kier alpha value is -2.89. The van der Waals surface area contributed by atoms with Crippen LogP contribution in [0.3, 0.4) is 0 Å². The van der Waals surface area contributed by atoms with E-state index in [1.165, 1.54) is 7.11 Å². The highest BCUT2D eigenvalue weighted by Crippen LogP contribution is 2.24. The van der Waals surface area contributed by atoms with E-state index in [0.29, 0.717) is 37.9 Å². The SMILES string of the molecule is COC(=O)C(CC(C)C)NC(=O)C1CCN(C(=O)c2cccc3ccccc23)CC1. The van der Waals surface area contributed by atoms with Crippen molar-refractivity contribution < 1.29 is 19.1 Å². The van der Waals surface area contributed by atoms with Gasteiger partial charge in [0.1, 0.15) is 6.04 Å². The van der Waals surface area contributed by atoms with Gasteiger partial charge in [0.15, 0.2) is 0 Å². The van der Waals surface area contributed by atoms with Gasteiger partial charge >= 0.3 is 5.97 Å². The average Bonchev–Trinajstić information content (AvgIpc) is 2.77. The van der Waals surface area contributed by atoms with Gasteiger partial charge in [-0.1, -0.05) is 50.2 Å². The Morgan fingerprint density at radius 2 is 1.73 bits per heavy atom. The first-order valence-electron chi connectivity index (χ1n) is 10.6. The normalized spacial score (nSPS) is 15.8. The Morgan fingerprint density at radius 3 is 2.40 bits per heavy atom. The summed E-state index contributed by atoms with van der Waals surface area (Å²) in [5.74, 6) is -0.503. The second-order valence-corrected chi connectivity index (χ2v) is 8.31. The van der Waals surface area contributed by atoms with E-state index in [0.717, 1.165) is 10.8 Å². The molecule has 1 atom stereocenters. The molecule has 2 aromatic rings. The maximum absolute atomic E-state index is 13.1. The van der Waals surface area contributed by atoms with Gasteiger partial charge in [0.05, 0.1) is 7.11 Å². The number of fused-ring (bicyclic) bond motifs is 1. The Morgan fingerprint density at radius 1 is 1.07 bits per heavy atom. The van der Waals surface area contributed by atoms with E-state index in [1.807, 2.05) is 61.2 Å². The molecule has 0 aromatic heterocycles. The molecule has 0 radical (unpaired) electrons. The summed E-state index contributed by atoms with van der Waals surface area (Å²) in [6.07, 6.45) is 1.70. The van der Waals surface area contributed by atoms with Gasteiger partial charge in [-0.25, -0.2) is 4.79 Å². The summed E-state index contributed by atoms with van der Waals surface area (Å²) in [5, 5.41) is 4.83. The number of methoxy groups -OCH3 is 1. The zero-order chi connectivity index (χ0) is 21.7. The summed E-state index contributed by atoms with van der Waals surface area (Å²) in [5.41, 5.74) is 0.693. The molecule has 1 aliphatic rings. The molecule has 0 aliphatic carbocycles. The summed E-state index contributed by atoms with van der Waals surface area (Å²) in [6.45, 7) is 5.04. The van der Waals surface area contributed by atoms with Gasteiger partial charge in [-0.05, 0) is 42.0 Å². The van der Waals surface area contributed by atoms with Gasteiger partial charge in [-0.2, -0.15) is 0 Å². The van der Waals surface area contributed by atoms with Crippen LogP contribution in [0.1, 0.15) is 43.5 Å². The highest BCUT2D eigenvalue weighted by atomic mass is 16.5. The van der Waals surface area contributed by atoms with Crippen molar-refractivity contribution in [2.45, 2.75) is 39.2 Å². The topological polar surface area (TPSA) is 75.7 Å². The Balaban J connectivity index is 1.61. The highest BCUT2D eigenvalue weighted by Gasteiger charge is 2.31. The summed E-state index contributed by atoms with van der Waals surface area (Å²) >= 11 is 0. The molecule has 30 heavy (non-hydrogen) atoms. The minimum atomic E-state index is -0.627. The molecular weight excluding hydrogens is 380 g/mol. The van der Waals surface area contributed by atoms with Crippen LogP contribution < -0.4 is 5.32 Å². The first-order valence-corrected chi connectivity index (χ1v) is 10.6. The number of likely N-dealkylation sites (tertiary alicyclic amines) is 1. The third-order valence-electron chi connectivity index (χ3n) is 5.68. The number of piperidine rings is 1. The van der Waals surface area contributed by atoms with Crippen LogP contribution in [0.4, 0.5) is 0 Å². The maximum Gasteiger partial charge on any atom is 0.328 e. The number of ether oxygens (including phenoxy) is 1. The maximum atomic E-state index is 13.1. The number of carbonyl (C=O) groups is 3. The van der Waals surface area contributed by atoms with Crippen LogP contribution in [0.25, 0.3) is 10.8 Å². The first-order chi connectivity index (χ1) is 14.4. The Kier molecular flexibility index (Phi) is 7.08. The predicted molar refractivity (Wildman–Crippen MR) is 116 cm³/mol. The molecule has 1 fully saturated rings. The van der Waals surface area contributed by atoms with Gasteiger partial charge in [-0.3, -0.25) is 9.59 Å². The minimum absolute atomic E-state index is 0.00194. The van der Waals surface area contributed by atoms with Crippen molar-refractivity contribution in [3.05, 3.63) is 48.0 Å². The van der Waals surface area contributed by atoms with Crippen molar-refractivity contribution in [1.29, 1.82) is 0 Å². The van der Waals surface area contributed by atoms with Crippen LogP contribution >= 0.6 is 0 Å². The standard InChI is InChI=1S/C24H30N2O4/c1-16(2)15-21(24(29)30-3)25-22(27)18-11-13-26(14-12-18)23(28)20-10-6-8-17-7-4-5-9-19(17)20/h4-10,16,18,21H,11-15H2,1-3H3,(H,25,27). The largest absolute Gasteiger partial charge is 0.467 e. The van der Waals surface area contributed by atoms with Crippen LogP contribution in [0.5, 0.6) is 0 Å². The van der Waals surface area contributed by atoms with E-state index in [9.17, 15) is 14.4 Å². The highest BCUT2D eigenvalue weighted by molar-refractivity contribution is 6.07. The van der Waals surface area contributed by atoms with E-state index in [2.05, 4.69) is 5.32 Å².